The Bertz CT molecular complexity index is 2800. The maximum absolute atomic E-state index is 6.38. The molecule has 0 aliphatic heterocycles. The van der Waals surface area contributed by atoms with Crippen LogP contribution in [0, 0.1) is 0 Å². The normalized spacial score (nSPS) is 11.7. The molecule has 0 radical (unpaired) electrons. The highest BCUT2D eigenvalue weighted by Gasteiger charge is 2.20. The molecular formula is C48H30O. The molecule has 0 atom stereocenters. The van der Waals surface area contributed by atoms with Gasteiger partial charge in [0, 0.05) is 10.8 Å². The predicted octanol–water partition coefficient (Wildman–Crippen LogP) is 13.7. The third-order valence-electron chi connectivity index (χ3n) is 10.0. The zero-order valence-electron chi connectivity index (χ0n) is 26.7. The summed E-state index contributed by atoms with van der Waals surface area (Å²) >= 11 is 0. The van der Waals surface area contributed by atoms with Crippen molar-refractivity contribution in [2.75, 3.05) is 0 Å². The fraction of sp³-hybridized carbons (Fsp3) is 0. The van der Waals surface area contributed by atoms with Gasteiger partial charge in [0.2, 0.25) is 0 Å². The predicted molar refractivity (Wildman–Crippen MR) is 208 cm³/mol. The van der Waals surface area contributed by atoms with E-state index in [1.54, 1.807) is 0 Å². The van der Waals surface area contributed by atoms with Crippen molar-refractivity contribution in [2.24, 2.45) is 0 Å². The fourth-order valence-corrected chi connectivity index (χ4v) is 7.78. The number of para-hydroxylation sites is 1. The van der Waals surface area contributed by atoms with Crippen molar-refractivity contribution in [2.45, 2.75) is 0 Å². The number of benzene rings is 9. The van der Waals surface area contributed by atoms with E-state index in [-0.39, 0.29) is 0 Å². The summed E-state index contributed by atoms with van der Waals surface area (Å²) in [6, 6.07) is 65.9. The molecule has 0 saturated carbocycles. The summed E-state index contributed by atoms with van der Waals surface area (Å²) in [6.45, 7) is 0. The molecule has 0 aliphatic carbocycles. The Morgan fingerprint density at radius 1 is 0.265 bits per heavy atom. The summed E-state index contributed by atoms with van der Waals surface area (Å²) in [5, 5.41) is 9.66. The van der Waals surface area contributed by atoms with Gasteiger partial charge in [-0.3, -0.25) is 0 Å². The Morgan fingerprint density at radius 3 is 1.49 bits per heavy atom. The average molecular weight is 623 g/mol. The molecule has 228 valence electrons. The van der Waals surface area contributed by atoms with Crippen LogP contribution in [0.3, 0.4) is 0 Å². The molecule has 0 bridgehead atoms. The number of hydrogen-bond donors (Lipinski definition) is 0. The van der Waals surface area contributed by atoms with E-state index in [9.17, 15) is 0 Å². The first-order valence-electron chi connectivity index (χ1n) is 16.8. The van der Waals surface area contributed by atoms with Gasteiger partial charge < -0.3 is 4.42 Å². The Hall–Kier alpha value is -6.44. The maximum Gasteiger partial charge on any atom is 0.136 e. The van der Waals surface area contributed by atoms with E-state index in [0.29, 0.717) is 0 Å². The summed E-state index contributed by atoms with van der Waals surface area (Å²) in [5.41, 5.74) is 11.6. The van der Waals surface area contributed by atoms with Crippen molar-refractivity contribution >= 4 is 54.3 Å². The van der Waals surface area contributed by atoms with Gasteiger partial charge in [0.25, 0.3) is 0 Å². The fourth-order valence-electron chi connectivity index (χ4n) is 7.78. The maximum atomic E-state index is 6.38. The van der Waals surface area contributed by atoms with Gasteiger partial charge in [-0.1, -0.05) is 146 Å². The van der Waals surface area contributed by atoms with Gasteiger partial charge in [-0.15, -0.1) is 0 Å². The highest BCUT2D eigenvalue weighted by atomic mass is 16.3. The van der Waals surface area contributed by atoms with E-state index in [1.807, 2.05) is 12.1 Å². The third kappa shape index (κ3) is 4.47. The molecule has 0 amide bonds. The molecule has 49 heavy (non-hydrogen) atoms. The largest absolute Gasteiger partial charge is 0.456 e. The zero-order valence-corrected chi connectivity index (χ0v) is 26.7. The van der Waals surface area contributed by atoms with Crippen LogP contribution in [0.15, 0.2) is 186 Å². The molecule has 10 rings (SSSR count). The minimum Gasteiger partial charge on any atom is -0.456 e. The van der Waals surface area contributed by atoms with Crippen LogP contribution in [0.4, 0.5) is 0 Å². The number of rotatable bonds is 4. The lowest BCUT2D eigenvalue weighted by Gasteiger charge is -2.20. The van der Waals surface area contributed by atoms with Gasteiger partial charge in [0.05, 0.1) is 0 Å². The Morgan fingerprint density at radius 2 is 0.796 bits per heavy atom. The minimum absolute atomic E-state index is 0.908. The van der Waals surface area contributed by atoms with E-state index < -0.39 is 0 Å². The van der Waals surface area contributed by atoms with Crippen LogP contribution in [0.5, 0.6) is 0 Å². The molecule has 1 nitrogen and oxygen atoms in total. The molecule has 0 unspecified atom stereocenters. The Kier molecular flexibility index (Phi) is 6.25. The lowest BCUT2D eigenvalue weighted by Crippen LogP contribution is -1.93. The standard InChI is InChI=1S/C48H30O/c1-3-13-31(14-4-1)33-23-24-34-28-43(32-15-5-2-6-16-32)44(29-36(34)27-33)48-41-20-9-7-18-39(41)47(40-19-8-10-21-42(40)48)35-25-26-38-37-17-11-12-22-45(37)49-46(38)30-35/h1-30H. The monoisotopic (exact) mass is 622 g/mol. The van der Waals surface area contributed by atoms with Crippen LogP contribution in [-0.4, -0.2) is 0 Å². The molecule has 9 aromatic carbocycles. The van der Waals surface area contributed by atoms with Crippen LogP contribution in [0.1, 0.15) is 0 Å². The van der Waals surface area contributed by atoms with Crippen LogP contribution < -0.4 is 0 Å². The molecule has 1 heterocycles. The summed E-state index contributed by atoms with van der Waals surface area (Å²) in [4.78, 5) is 0. The number of furan rings is 1. The molecule has 0 N–H and O–H groups in total. The van der Waals surface area contributed by atoms with Gasteiger partial charge in [-0.05, 0) is 113 Å². The van der Waals surface area contributed by atoms with Gasteiger partial charge in [-0.25, -0.2) is 0 Å². The quantitative estimate of drug-likeness (QED) is 0.178. The lowest BCUT2D eigenvalue weighted by atomic mass is 9.83. The molecule has 10 aromatic rings. The van der Waals surface area contributed by atoms with Gasteiger partial charge in [0.1, 0.15) is 11.2 Å². The second-order valence-corrected chi connectivity index (χ2v) is 12.8. The smallest absolute Gasteiger partial charge is 0.136 e. The van der Waals surface area contributed by atoms with Crippen LogP contribution in [0.25, 0.3) is 98.8 Å². The van der Waals surface area contributed by atoms with Crippen molar-refractivity contribution in [1.29, 1.82) is 0 Å². The summed E-state index contributed by atoms with van der Waals surface area (Å²) < 4.78 is 6.38. The minimum atomic E-state index is 0.908. The van der Waals surface area contributed by atoms with Crippen LogP contribution in [-0.2, 0) is 0 Å². The van der Waals surface area contributed by atoms with E-state index in [0.717, 1.165) is 27.5 Å². The number of hydrogen-bond acceptors (Lipinski definition) is 1. The first kappa shape index (κ1) is 27.7. The first-order chi connectivity index (χ1) is 24.3. The molecule has 0 saturated heterocycles. The topological polar surface area (TPSA) is 13.1 Å². The lowest BCUT2D eigenvalue weighted by molar-refractivity contribution is 0.669. The van der Waals surface area contributed by atoms with E-state index in [4.69, 9.17) is 4.42 Å². The molecule has 1 heteroatoms. The molecule has 1 aromatic heterocycles. The van der Waals surface area contributed by atoms with E-state index in [1.165, 1.54) is 71.3 Å². The van der Waals surface area contributed by atoms with Crippen LogP contribution in [0.2, 0.25) is 0 Å². The molecular weight excluding hydrogens is 593 g/mol. The SMILES string of the molecule is c1ccc(-c2ccc3cc(-c4ccccc4)c(-c4c5ccccc5c(-c5ccc6c(c5)oc5ccccc56)c5ccccc45)cc3c2)cc1. The second kappa shape index (κ2) is 11.1. The third-order valence-corrected chi connectivity index (χ3v) is 10.0. The van der Waals surface area contributed by atoms with Crippen molar-refractivity contribution in [3.8, 4) is 44.5 Å². The Labute approximate surface area is 284 Å². The van der Waals surface area contributed by atoms with Crippen molar-refractivity contribution in [3.05, 3.63) is 182 Å². The van der Waals surface area contributed by atoms with Crippen molar-refractivity contribution in [1.82, 2.24) is 0 Å². The summed E-state index contributed by atoms with van der Waals surface area (Å²) in [6.07, 6.45) is 0. The summed E-state index contributed by atoms with van der Waals surface area (Å²) in [7, 11) is 0. The average Bonchev–Trinajstić information content (AvgIpc) is 3.55. The molecule has 0 fully saturated rings. The van der Waals surface area contributed by atoms with Gasteiger partial charge in [-0.2, -0.15) is 0 Å². The zero-order chi connectivity index (χ0) is 32.3. The second-order valence-electron chi connectivity index (χ2n) is 12.8. The van der Waals surface area contributed by atoms with Gasteiger partial charge >= 0.3 is 0 Å². The Balaban J connectivity index is 1.29. The van der Waals surface area contributed by atoms with Crippen molar-refractivity contribution in [3.63, 3.8) is 0 Å². The highest BCUT2D eigenvalue weighted by molar-refractivity contribution is 6.23. The van der Waals surface area contributed by atoms with E-state index >= 15 is 0 Å². The summed E-state index contributed by atoms with van der Waals surface area (Å²) in [5.74, 6) is 0. The highest BCUT2D eigenvalue weighted by Crippen LogP contribution is 2.47. The molecule has 0 spiro atoms. The molecule has 0 aliphatic rings. The first-order valence-corrected chi connectivity index (χ1v) is 16.8. The van der Waals surface area contributed by atoms with Crippen LogP contribution >= 0.6 is 0 Å². The van der Waals surface area contributed by atoms with Gasteiger partial charge in [0.15, 0.2) is 0 Å². The van der Waals surface area contributed by atoms with Crippen molar-refractivity contribution < 1.29 is 4.42 Å². The van der Waals surface area contributed by atoms with E-state index in [2.05, 4.69) is 170 Å². The number of fused-ring (bicyclic) bond motifs is 6.